The van der Waals surface area contributed by atoms with E-state index in [0.717, 1.165) is 34.2 Å². The molecule has 0 radical (unpaired) electrons. The summed E-state index contributed by atoms with van der Waals surface area (Å²) in [4.78, 5) is 15.6. The number of quaternary nitrogens is 1. The first-order chi connectivity index (χ1) is 14.5. The van der Waals surface area contributed by atoms with Crippen molar-refractivity contribution in [2.45, 2.75) is 25.9 Å². The van der Waals surface area contributed by atoms with Gasteiger partial charge in [-0.3, -0.25) is 4.79 Å². The van der Waals surface area contributed by atoms with E-state index in [4.69, 9.17) is 14.3 Å². The van der Waals surface area contributed by atoms with Crippen molar-refractivity contribution in [3.63, 3.8) is 0 Å². The molecule has 1 aromatic carbocycles. The number of carbonyl (C=O) groups excluding carboxylic acids is 1. The Morgan fingerprint density at radius 2 is 2.10 bits per heavy atom. The number of hydrogen-bond donors (Lipinski definition) is 1. The first kappa shape index (κ1) is 20.4. The number of hydrazone groups is 1. The minimum absolute atomic E-state index is 0.00776. The van der Waals surface area contributed by atoms with Crippen LogP contribution in [-0.2, 0) is 11.3 Å². The maximum Gasteiger partial charge on any atom is 0.298 e. The average Bonchev–Trinajstić information content (AvgIpc) is 3.49. The molecule has 1 aliphatic heterocycles. The highest BCUT2D eigenvalue weighted by atomic mass is 32.1. The van der Waals surface area contributed by atoms with Crippen molar-refractivity contribution in [3.8, 4) is 5.75 Å². The fourth-order valence-electron chi connectivity index (χ4n) is 3.66. The van der Waals surface area contributed by atoms with Gasteiger partial charge in [-0.2, -0.15) is 5.10 Å². The van der Waals surface area contributed by atoms with Crippen LogP contribution in [0.3, 0.4) is 0 Å². The van der Waals surface area contributed by atoms with E-state index >= 15 is 0 Å². The lowest BCUT2D eigenvalue weighted by molar-refractivity contribution is -0.885. The molecule has 6 nitrogen and oxygen atoms in total. The predicted molar refractivity (Wildman–Crippen MR) is 117 cm³/mol. The Kier molecular flexibility index (Phi) is 6.01. The van der Waals surface area contributed by atoms with Crippen LogP contribution in [0.5, 0.6) is 5.75 Å². The molecule has 156 valence electrons. The van der Waals surface area contributed by atoms with Gasteiger partial charge < -0.3 is 14.1 Å². The van der Waals surface area contributed by atoms with Crippen LogP contribution in [0.1, 0.15) is 34.2 Å². The standard InChI is InChI=1S/C23H25N3O3S/c1-16-10-12-30-22(16)14-25(2)15-23(27)26-20(21-5-4-11-29-21)13-19(24-26)17-6-8-18(28-3)9-7-17/h4-12,20H,13-15H2,1-3H3/p+1/t20-/m0/s1. The summed E-state index contributed by atoms with van der Waals surface area (Å²) >= 11 is 1.74. The van der Waals surface area contributed by atoms with Gasteiger partial charge in [-0.15, -0.1) is 11.3 Å². The lowest BCUT2D eigenvalue weighted by atomic mass is 10.0. The number of amides is 1. The molecular formula is C23H26N3O3S+. The van der Waals surface area contributed by atoms with Crippen molar-refractivity contribution < 1.29 is 18.8 Å². The normalized spacial score (nSPS) is 17.1. The Morgan fingerprint density at radius 3 is 2.73 bits per heavy atom. The Hall–Kier alpha value is -2.90. The number of ether oxygens (including phenoxy) is 1. The van der Waals surface area contributed by atoms with E-state index < -0.39 is 0 Å². The van der Waals surface area contributed by atoms with E-state index in [9.17, 15) is 4.79 Å². The maximum atomic E-state index is 13.2. The molecule has 3 heterocycles. The third-order valence-corrected chi connectivity index (χ3v) is 6.37. The SMILES string of the molecule is COc1ccc(C2=NN(C(=O)C[NH+](C)Cc3sccc3C)[C@H](c3ccco3)C2)cc1. The summed E-state index contributed by atoms with van der Waals surface area (Å²) in [5.74, 6) is 1.54. The molecule has 2 atom stereocenters. The van der Waals surface area contributed by atoms with Crippen LogP contribution >= 0.6 is 11.3 Å². The van der Waals surface area contributed by atoms with E-state index in [1.165, 1.54) is 10.4 Å². The molecular weight excluding hydrogens is 398 g/mol. The van der Waals surface area contributed by atoms with Gasteiger partial charge in [0.25, 0.3) is 5.91 Å². The molecule has 0 aliphatic carbocycles. The van der Waals surface area contributed by atoms with Crippen molar-refractivity contribution in [1.29, 1.82) is 0 Å². The van der Waals surface area contributed by atoms with E-state index in [0.29, 0.717) is 13.0 Å². The monoisotopic (exact) mass is 424 g/mol. The van der Waals surface area contributed by atoms with E-state index in [1.54, 1.807) is 29.7 Å². The Bertz CT molecular complexity index is 1020. The zero-order chi connectivity index (χ0) is 21.1. The van der Waals surface area contributed by atoms with Gasteiger partial charge in [-0.05, 0) is 65.9 Å². The molecule has 2 aromatic heterocycles. The van der Waals surface area contributed by atoms with Gasteiger partial charge in [-0.1, -0.05) is 0 Å². The molecule has 30 heavy (non-hydrogen) atoms. The number of benzene rings is 1. The summed E-state index contributed by atoms with van der Waals surface area (Å²) in [6, 6.07) is 13.4. The highest BCUT2D eigenvalue weighted by Gasteiger charge is 2.36. The number of hydrogen-bond acceptors (Lipinski definition) is 5. The first-order valence-electron chi connectivity index (χ1n) is 9.96. The number of nitrogens with one attached hydrogen (secondary N) is 1. The second-order valence-electron chi connectivity index (χ2n) is 7.59. The molecule has 7 heteroatoms. The van der Waals surface area contributed by atoms with Crippen LogP contribution < -0.4 is 9.64 Å². The highest BCUT2D eigenvalue weighted by Crippen LogP contribution is 2.33. The molecule has 3 aromatic rings. The molecule has 1 unspecified atom stereocenters. The third kappa shape index (κ3) is 4.32. The third-order valence-electron chi connectivity index (χ3n) is 5.34. The zero-order valence-electron chi connectivity index (χ0n) is 17.4. The molecule has 1 amide bonds. The zero-order valence-corrected chi connectivity index (χ0v) is 18.2. The van der Waals surface area contributed by atoms with Gasteiger partial charge >= 0.3 is 0 Å². The number of methoxy groups -OCH3 is 1. The first-order valence-corrected chi connectivity index (χ1v) is 10.8. The van der Waals surface area contributed by atoms with Gasteiger partial charge in [0.2, 0.25) is 0 Å². The maximum absolute atomic E-state index is 13.2. The predicted octanol–water partition coefficient (Wildman–Crippen LogP) is 3.05. The van der Waals surface area contributed by atoms with Crippen LogP contribution in [0.4, 0.5) is 0 Å². The van der Waals surface area contributed by atoms with Crippen molar-refractivity contribution in [2.75, 3.05) is 20.7 Å². The fourth-order valence-corrected chi connectivity index (χ4v) is 4.68. The van der Waals surface area contributed by atoms with Crippen molar-refractivity contribution in [1.82, 2.24) is 5.01 Å². The van der Waals surface area contributed by atoms with Crippen molar-refractivity contribution in [2.24, 2.45) is 5.10 Å². The van der Waals surface area contributed by atoms with Crippen LogP contribution in [0.2, 0.25) is 0 Å². The molecule has 0 saturated carbocycles. The molecule has 0 spiro atoms. The van der Waals surface area contributed by atoms with E-state index in [1.807, 2.05) is 43.4 Å². The number of aryl methyl sites for hydroxylation is 1. The average molecular weight is 425 g/mol. The molecule has 0 saturated heterocycles. The van der Waals surface area contributed by atoms with E-state index in [-0.39, 0.29) is 11.9 Å². The molecule has 0 fully saturated rings. The number of furan rings is 1. The quantitative estimate of drug-likeness (QED) is 0.634. The van der Waals surface area contributed by atoms with E-state index in [2.05, 4.69) is 18.4 Å². The van der Waals surface area contributed by atoms with Gasteiger partial charge in [-0.25, -0.2) is 5.01 Å². The number of thiophene rings is 1. The molecule has 1 N–H and O–H groups in total. The summed E-state index contributed by atoms with van der Waals surface area (Å²) in [5.41, 5.74) is 3.14. The lowest BCUT2D eigenvalue weighted by Gasteiger charge is -2.21. The second kappa shape index (κ2) is 8.85. The summed E-state index contributed by atoms with van der Waals surface area (Å²) in [6.45, 7) is 3.30. The van der Waals surface area contributed by atoms with Crippen LogP contribution in [0.25, 0.3) is 0 Å². The Balaban J connectivity index is 1.53. The number of nitrogens with zero attached hydrogens (tertiary/aromatic N) is 2. The highest BCUT2D eigenvalue weighted by molar-refractivity contribution is 7.10. The number of rotatable bonds is 7. The smallest absolute Gasteiger partial charge is 0.298 e. The Labute approximate surface area is 180 Å². The van der Waals surface area contributed by atoms with Gasteiger partial charge in [0.1, 0.15) is 24.1 Å². The summed E-state index contributed by atoms with van der Waals surface area (Å²) in [5, 5.41) is 8.40. The van der Waals surface area contributed by atoms with Crippen LogP contribution in [-0.4, -0.2) is 37.3 Å². The topological polar surface area (TPSA) is 59.5 Å². The number of likely N-dealkylation sites (N-methyl/N-ethyl adjacent to an activating group) is 1. The minimum Gasteiger partial charge on any atom is -0.497 e. The second-order valence-corrected chi connectivity index (χ2v) is 8.59. The lowest BCUT2D eigenvalue weighted by Crippen LogP contribution is -3.08. The summed E-state index contributed by atoms with van der Waals surface area (Å²) < 4.78 is 10.9. The van der Waals surface area contributed by atoms with Gasteiger partial charge in [0.15, 0.2) is 6.54 Å². The summed E-state index contributed by atoms with van der Waals surface area (Å²) in [6.07, 6.45) is 2.26. The number of carbonyl (C=O) groups is 1. The van der Waals surface area contributed by atoms with Crippen LogP contribution in [0, 0.1) is 6.92 Å². The largest absolute Gasteiger partial charge is 0.497 e. The molecule has 1 aliphatic rings. The van der Waals surface area contributed by atoms with Crippen molar-refractivity contribution in [3.05, 3.63) is 75.9 Å². The van der Waals surface area contributed by atoms with Crippen molar-refractivity contribution >= 4 is 23.0 Å². The van der Waals surface area contributed by atoms with Gasteiger partial charge in [0, 0.05) is 6.42 Å². The molecule has 0 bridgehead atoms. The molecule has 4 rings (SSSR count). The minimum atomic E-state index is -0.221. The summed E-state index contributed by atoms with van der Waals surface area (Å²) in [7, 11) is 3.69. The Morgan fingerprint density at radius 1 is 1.30 bits per heavy atom. The van der Waals surface area contributed by atoms with Crippen LogP contribution in [0.15, 0.2) is 63.6 Å². The fraction of sp³-hybridized carbons (Fsp3) is 0.304. The van der Waals surface area contributed by atoms with Gasteiger partial charge in [0.05, 0.1) is 31.0 Å².